The molecule has 0 saturated heterocycles. The third kappa shape index (κ3) is 2.04. The minimum absolute atomic E-state index is 0.0652. The summed E-state index contributed by atoms with van der Waals surface area (Å²) in [6.45, 7) is 3.82. The van der Waals surface area contributed by atoms with Crippen LogP contribution in [0.5, 0.6) is 0 Å². The number of aryl methyl sites for hydroxylation is 1. The molecule has 0 bridgehead atoms. The number of benzene rings is 1. The van der Waals surface area contributed by atoms with Crippen LogP contribution in [0, 0.1) is 0 Å². The van der Waals surface area contributed by atoms with Crippen LogP contribution in [0.2, 0.25) is 0 Å². The van der Waals surface area contributed by atoms with E-state index in [4.69, 9.17) is 0 Å². The van der Waals surface area contributed by atoms with E-state index in [1.165, 1.54) is 0 Å². The van der Waals surface area contributed by atoms with E-state index < -0.39 is 0 Å². The molecule has 0 radical (unpaired) electrons. The highest BCUT2D eigenvalue weighted by Crippen LogP contribution is 2.22. The Labute approximate surface area is 111 Å². The molecule has 3 rings (SSSR count). The van der Waals surface area contributed by atoms with Crippen molar-refractivity contribution in [1.29, 1.82) is 0 Å². The molecule has 4 nitrogen and oxygen atoms in total. The second-order valence-electron chi connectivity index (χ2n) is 4.59. The van der Waals surface area contributed by atoms with Gasteiger partial charge in [0.2, 0.25) is 0 Å². The van der Waals surface area contributed by atoms with Crippen LogP contribution in [-0.2, 0) is 19.7 Å². The molecule has 0 aliphatic heterocycles. The molecule has 0 aliphatic rings. The number of aliphatic hydroxyl groups is 1. The molecule has 1 N–H and O–H groups in total. The first kappa shape index (κ1) is 12.0. The smallest absolute Gasteiger partial charge is 0.128 e. The maximum absolute atomic E-state index is 9.44. The first-order valence-corrected chi connectivity index (χ1v) is 6.51. The van der Waals surface area contributed by atoms with Crippen molar-refractivity contribution in [3.05, 3.63) is 54.2 Å². The van der Waals surface area contributed by atoms with Crippen molar-refractivity contribution < 1.29 is 5.11 Å². The van der Waals surface area contributed by atoms with Gasteiger partial charge in [-0.2, -0.15) is 0 Å². The monoisotopic (exact) mass is 255 g/mol. The summed E-state index contributed by atoms with van der Waals surface area (Å²) in [5.41, 5.74) is 2.10. The van der Waals surface area contributed by atoms with Gasteiger partial charge in [0, 0.05) is 41.6 Å². The first-order valence-electron chi connectivity index (χ1n) is 6.51. The van der Waals surface area contributed by atoms with E-state index >= 15 is 0 Å². The van der Waals surface area contributed by atoms with E-state index in [9.17, 15) is 5.11 Å². The summed E-state index contributed by atoms with van der Waals surface area (Å²) in [5.74, 6) is 1.03. The van der Waals surface area contributed by atoms with Gasteiger partial charge in [0.05, 0.1) is 13.2 Å². The molecule has 19 heavy (non-hydrogen) atoms. The SMILES string of the molecule is CCn1ccnc1Cn1cc(CO)c2ccccc21. The van der Waals surface area contributed by atoms with Gasteiger partial charge < -0.3 is 14.2 Å². The van der Waals surface area contributed by atoms with E-state index in [1.54, 1.807) is 0 Å². The fraction of sp³-hybridized carbons (Fsp3) is 0.267. The van der Waals surface area contributed by atoms with Crippen molar-refractivity contribution in [3.8, 4) is 0 Å². The molecule has 0 atom stereocenters. The molecule has 0 aliphatic carbocycles. The van der Waals surface area contributed by atoms with Crippen LogP contribution in [0.15, 0.2) is 42.9 Å². The molecule has 1 aromatic carbocycles. The highest BCUT2D eigenvalue weighted by atomic mass is 16.3. The zero-order valence-electron chi connectivity index (χ0n) is 11.0. The van der Waals surface area contributed by atoms with Gasteiger partial charge in [0.25, 0.3) is 0 Å². The third-order valence-corrected chi connectivity index (χ3v) is 3.50. The Kier molecular flexibility index (Phi) is 3.09. The summed E-state index contributed by atoms with van der Waals surface area (Å²) in [6, 6.07) is 8.14. The van der Waals surface area contributed by atoms with E-state index in [1.807, 2.05) is 36.8 Å². The molecule has 2 aromatic heterocycles. The van der Waals surface area contributed by atoms with E-state index in [-0.39, 0.29) is 6.61 Å². The highest BCUT2D eigenvalue weighted by molar-refractivity contribution is 5.83. The maximum Gasteiger partial charge on any atom is 0.128 e. The average Bonchev–Trinajstić information content (AvgIpc) is 3.04. The predicted octanol–water partition coefficient (Wildman–Crippen LogP) is 2.40. The summed E-state index contributed by atoms with van der Waals surface area (Å²) in [6.07, 6.45) is 5.84. The Balaban J connectivity index is 2.06. The number of para-hydroxylation sites is 1. The van der Waals surface area contributed by atoms with Crippen LogP contribution in [0.1, 0.15) is 18.3 Å². The number of hydrogen-bond acceptors (Lipinski definition) is 2. The van der Waals surface area contributed by atoms with Gasteiger partial charge >= 0.3 is 0 Å². The zero-order valence-corrected chi connectivity index (χ0v) is 11.0. The van der Waals surface area contributed by atoms with Gasteiger partial charge in [-0.1, -0.05) is 18.2 Å². The standard InChI is InChI=1S/C15H17N3O/c1-2-17-8-7-16-15(17)10-18-9-12(11-19)13-5-3-4-6-14(13)18/h3-9,19H,2,10-11H2,1H3. The number of fused-ring (bicyclic) bond motifs is 1. The summed E-state index contributed by atoms with van der Waals surface area (Å²) < 4.78 is 4.28. The maximum atomic E-state index is 9.44. The van der Waals surface area contributed by atoms with Gasteiger partial charge in [-0.05, 0) is 13.0 Å². The molecular weight excluding hydrogens is 238 g/mol. The Morgan fingerprint density at radius 1 is 1.21 bits per heavy atom. The van der Waals surface area contributed by atoms with Crippen LogP contribution in [0.25, 0.3) is 10.9 Å². The Morgan fingerprint density at radius 3 is 2.84 bits per heavy atom. The number of aliphatic hydroxyl groups excluding tert-OH is 1. The Hall–Kier alpha value is -2.07. The number of rotatable bonds is 4. The van der Waals surface area contributed by atoms with E-state index in [2.05, 4.69) is 27.1 Å². The van der Waals surface area contributed by atoms with Crippen LogP contribution in [0.3, 0.4) is 0 Å². The van der Waals surface area contributed by atoms with E-state index in [0.717, 1.165) is 35.4 Å². The lowest BCUT2D eigenvalue weighted by Crippen LogP contribution is -2.06. The predicted molar refractivity (Wildman–Crippen MR) is 74.9 cm³/mol. The second-order valence-corrected chi connectivity index (χ2v) is 4.59. The Morgan fingerprint density at radius 2 is 2.05 bits per heavy atom. The molecule has 4 heteroatoms. The van der Waals surface area contributed by atoms with Crippen molar-refractivity contribution in [2.45, 2.75) is 26.6 Å². The number of nitrogens with zero attached hydrogens (tertiary/aromatic N) is 3. The molecule has 2 heterocycles. The van der Waals surface area contributed by atoms with Crippen molar-refractivity contribution in [2.24, 2.45) is 0 Å². The quantitative estimate of drug-likeness (QED) is 0.778. The molecule has 0 spiro atoms. The van der Waals surface area contributed by atoms with Gasteiger partial charge in [-0.3, -0.25) is 0 Å². The number of hydrogen-bond donors (Lipinski definition) is 1. The molecule has 0 unspecified atom stereocenters. The Bertz CT molecular complexity index is 696. The van der Waals surface area contributed by atoms with Crippen molar-refractivity contribution >= 4 is 10.9 Å². The van der Waals surface area contributed by atoms with Gasteiger partial charge in [-0.25, -0.2) is 4.98 Å². The third-order valence-electron chi connectivity index (χ3n) is 3.50. The largest absolute Gasteiger partial charge is 0.392 e. The fourth-order valence-corrected chi connectivity index (χ4v) is 2.51. The molecular formula is C15H17N3O. The number of imidazole rings is 1. The van der Waals surface area contributed by atoms with Crippen molar-refractivity contribution in [3.63, 3.8) is 0 Å². The molecule has 3 aromatic rings. The van der Waals surface area contributed by atoms with Crippen molar-refractivity contribution in [1.82, 2.24) is 14.1 Å². The van der Waals surface area contributed by atoms with Crippen LogP contribution in [0.4, 0.5) is 0 Å². The van der Waals surface area contributed by atoms with Crippen LogP contribution in [-0.4, -0.2) is 19.2 Å². The van der Waals surface area contributed by atoms with Crippen molar-refractivity contribution in [2.75, 3.05) is 0 Å². The van der Waals surface area contributed by atoms with E-state index in [0.29, 0.717) is 0 Å². The summed E-state index contributed by atoms with van der Waals surface area (Å²) >= 11 is 0. The van der Waals surface area contributed by atoms with Gasteiger partial charge in [0.1, 0.15) is 5.82 Å². The normalized spacial score (nSPS) is 11.3. The number of aromatic nitrogens is 3. The summed E-state index contributed by atoms with van der Waals surface area (Å²) in [4.78, 5) is 4.40. The lowest BCUT2D eigenvalue weighted by molar-refractivity contribution is 0.283. The fourth-order valence-electron chi connectivity index (χ4n) is 2.51. The van der Waals surface area contributed by atoms with Crippen LogP contribution < -0.4 is 0 Å². The molecule has 98 valence electrons. The zero-order chi connectivity index (χ0) is 13.2. The van der Waals surface area contributed by atoms with Crippen LogP contribution >= 0.6 is 0 Å². The average molecular weight is 255 g/mol. The van der Waals surface area contributed by atoms with Gasteiger partial charge in [-0.15, -0.1) is 0 Å². The lowest BCUT2D eigenvalue weighted by Gasteiger charge is -2.07. The molecule has 0 saturated carbocycles. The summed E-state index contributed by atoms with van der Waals surface area (Å²) in [7, 11) is 0. The lowest BCUT2D eigenvalue weighted by atomic mass is 10.2. The van der Waals surface area contributed by atoms with Gasteiger partial charge in [0.15, 0.2) is 0 Å². The first-order chi connectivity index (χ1) is 9.33. The molecule has 0 fully saturated rings. The highest BCUT2D eigenvalue weighted by Gasteiger charge is 2.09. The topological polar surface area (TPSA) is 43.0 Å². The minimum Gasteiger partial charge on any atom is -0.392 e. The minimum atomic E-state index is 0.0652. The summed E-state index contributed by atoms with van der Waals surface area (Å²) in [5, 5.41) is 10.6. The molecule has 0 amide bonds. The second kappa shape index (κ2) is 4.90.